The normalized spacial score (nSPS) is 10.8. The fourth-order valence-corrected chi connectivity index (χ4v) is 1.19. The van der Waals surface area contributed by atoms with E-state index >= 15 is 0 Å². The first-order valence-electron chi connectivity index (χ1n) is 5.26. The van der Waals surface area contributed by atoms with Crippen molar-refractivity contribution < 1.29 is 4.79 Å². The van der Waals surface area contributed by atoms with Gasteiger partial charge in [-0.15, -0.1) is 0 Å². The molecule has 84 valence electrons. The van der Waals surface area contributed by atoms with Crippen LogP contribution in [0.1, 0.15) is 34.1 Å². The van der Waals surface area contributed by atoms with E-state index in [1.165, 1.54) is 0 Å². The maximum Gasteiger partial charge on any atom is 0.317 e. The molecule has 0 saturated carbocycles. The Labute approximate surface area is 86.8 Å². The predicted molar refractivity (Wildman–Crippen MR) is 59.2 cm³/mol. The number of nitrogens with one attached hydrogen (secondary N) is 1. The molecule has 3 N–H and O–H groups in total. The molecule has 2 amide bonds. The van der Waals surface area contributed by atoms with Gasteiger partial charge in [-0.3, -0.25) is 0 Å². The Hall–Kier alpha value is -0.770. The highest BCUT2D eigenvalue weighted by Gasteiger charge is 2.16. The maximum atomic E-state index is 11.7. The van der Waals surface area contributed by atoms with Crippen LogP contribution in [-0.2, 0) is 0 Å². The van der Waals surface area contributed by atoms with Gasteiger partial charge in [0.25, 0.3) is 0 Å². The summed E-state index contributed by atoms with van der Waals surface area (Å²) in [6.45, 7) is 9.29. The van der Waals surface area contributed by atoms with Crippen molar-refractivity contribution >= 4 is 6.03 Å². The summed E-state index contributed by atoms with van der Waals surface area (Å²) in [7, 11) is 0. The highest BCUT2D eigenvalue weighted by atomic mass is 16.2. The van der Waals surface area contributed by atoms with Crippen LogP contribution in [-0.4, -0.2) is 36.1 Å². The van der Waals surface area contributed by atoms with Crippen molar-refractivity contribution in [2.45, 2.75) is 46.2 Å². The lowest BCUT2D eigenvalue weighted by Crippen LogP contribution is -2.47. The summed E-state index contributed by atoms with van der Waals surface area (Å²) in [5.41, 5.74) is 5.42. The molecule has 0 fully saturated rings. The van der Waals surface area contributed by atoms with Crippen LogP contribution in [0.5, 0.6) is 0 Å². The standard InChI is InChI=1S/C10H23N3O/c1-8(2)12-10(14)13(9(3)4)7-5-6-11/h8-9H,5-7,11H2,1-4H3,(H,12,14). The summed E-state index contributed by atoms with van der Waals surface area (Å²) in [6, 6.07) is 0.408. The van der Waals surface area contributed by atoms with E-state index in [2.05, 4.69) is 5.32 Å². The summed E-state index contributed by atoms with van der Waals surface area (Å²) in [5.74, 6) is 0. The van der Waals surface area contributed by atoms with E-state index in [0.717, 1.165) is 13.0 Å². The Bertz CT molecular complexity index is 169. The van der Waals surface area contributed by atoms with Gasteiger partial charge in [0.2, 0.25) is 0 Å². The third-order valence-corrected chi connectivity index (χ3v) is 1.90. The SMILES string of the molecule is CC(C)NC(=O)N(CCCN)C(C)C. The zero-order chi connectivity index (χ0) is 11.1. The second-order valence-corrected chi connectivity index (χ2v) is 4.03. The number of nitrogens with zero attached hydrogens (tertiary/aromatic N) is 1. The van der Waals surface area contributed by atoms with Crippen molar-refractivity contribution in [3.63, 3.8) is 0 Å². The molecule has 0 aromatic carbocycles. The largest absolute Gasteiger partial charge is 0.336 e. The Morgan fingerprint density at radius 3 is 2.29 bits per heavy atom. The topological polar surface area (TPSA) is 58.4 Å². The molecule has 0 radical (unpaired) electrons. The number of carbonyl (C=O) groups excluding carboxylic acids is 1. The van der Waals surface area contributed by atoms with Crippen LogP contribution in [0.15, 0.2) is 0 Å². The van der Waals surface area contributed by atoms with E-state index in [9.17, 15) is 4.79 Å². The van der Waals surface area contributed by atoms with E-state index in [-0.39, 0.29) is 18.1 Å². The third-order valence-electron chi connectivity index (χ3n) is 1.90. The zero-order valence-electron chi connectivity index (χ0n) is 9.71. The second-order valence-electron chi connectivity index (χ2n) is 4.03. The lowest BCUT2D eigenvalue weighted by atomic mass is 10.3. The number of carbonyl (C=O) groups is 1. The van der Waals surface area contributed by atoms with Crippen molar-refractivity contribution in [1.29, 1.82) is 0 Å². The molecule has 0 aromatic rings. The Kier molecular flexibility index (Phi) is 6.28. The average molecular weight is 201 g/mol. The van der Waals surface area contributed by atoms with E-state index in [1.807, 2.05) is 32.6 Å². The van der Waals surface area contributed by atoms with E-state index < -0.39 is 0 Å². The minimum absolute atomic E-state index is 0.00319. The summed E-state index contributed by atoms with van der Waals surface area (Å²) >= 11 is 0. The van der Waals surface area contributed by atoms with E-state index in [4.69, 9.17) is 5.73 Å². The van der Waals surface area contributed by atoms with Gasteiger partial charge in [-0.25, -0.2) is 4.79 Å². The van der Waals surface area contributed by atoms with E-state index in [0.29, 0.717) is 6.54 Å². The third kappa shape index (κ3) is 5.07. The van der Waals surface area contributed by atoms with Gasteiger partial charge in [0.15, 0.2) is 0 Å². The van der Waals surface area contributed by atoms with Gasteiger partial charge in [-0.05, 0) is 40.7 Å². The molecule has 14 heavy (non-hydrogen) atoms. The molecule has 0 rings (SSSR count). The highest BCUT2D eigenvalue weighted by molar-refractivity contribution is 5.74. The summed E-state index contributed by atoms with van der Waals surface area (Å²) < 4.78 is 0. The zero-order valence-corrected chi connectivity index (χ0v) is 9.71. The van der Waals surface area contributed by atoms with E-state index in [1.54, 1.807) is 0 Å². The fourth-order valence-electron chi connectivity index (χ4n) is 1.19. The van der Waals surface area contributed by atoms with Crippen LogP contribution in [0.3, 0.4) is 0 Å². The van der Waals surface area contributed by atoms with Crippen molar-refractivity contribution in [1.82, 2.24) is 10.2 Å². The molecule has 0 aliphatic carbocycles. The molecule has 4 heteroatoms. The van der Waals surface area contributed by atoms with Crippen LogP contribution in [0, 0.1) is 0 Å². The Morgan fingerprint density at radius 1 is 1.36 bits per heavy atom. The maximum absolute atomic E-state index is 11.7. The Balaban J connectivity index is 4.11. The first kappa shape index (κ1) is 13.2. The van der Waals surface area contributed by atoms with Crippen molar-refractivity contribution in [3.05, 3.63) is 0 Å². The van der Waals surface area contributed by atoms with Gasteiger partial charge < -0.3 is 16.0 Å². The number of hydrogen-bond donors (Lipinski definition) is 2. The van der Waals surface area contributed by atoms with Gasteiger partial charge in [0, 0.05) is 18.6 Å². The van der Waals surface area contributed by atoms with Crippen LogP contribution < -0.4 is 11.1 Å². The molecule has 0 aromatic heterocycles. The molecule has 0 heterocycles. The first-order chi connectivity index (χ1) is 6.49. The molecule has 0 bridgehead atoms. The number of nitrogens with two attached hydrogens (primary N) is 1. The Morgan fingerprint density at radius 2 is 1.93 bits per heavy atom. The van der Waals surface area contributed by atoms with Crippen LogP contribution in [0.25, 0.3) is 0 Å². The minimum Gasteiger partial charge on any atom is -0.336 e. The van der Waals surface area contributed by atoms with Gasteiger partial charge >= 0.3 is 6.03 Å². The lowest BCUT2D eigenvalue weighted by Gasteiger charge is -2.27. The molecule has 0 unspecified atom stereocenters. The molecule has 4 nitrogen and oxygen atoms in total. The molecular weight excluding hydrogens is 178 g/mol. The molecule has 0 saturated heterocycles. The second kappa shape index (κ2) is 6.65. The van der Waals surface area contributed by atoms with Crippen molar-refractivity contribution in [2.24, 2.45) is 5.73 Å². The van der Waals surface area contributed by atoms with Gasteiger partial charge in [0.1, 0.15) is 0 Å². The van der Waals surface area contributed by atoms with Crippen LogP contribution in [0.2, 0.25) is 0 Å². The van der Waals surface area contributed by atoms with Gasteiger partial charge in [-0.1, -0.05) is 0 Å². The number of rotatable bonds is 5. The monoisotopic (exact) mass is 201 g/mol. The summed E-state index contributed by atoms with van der Waals surface area (Å²) in [5, 5.41) is 2.88. The van der Waals surface area contributed by atoms with Gasteiger partial charge in [-0.2, -0.15) is 0 Å². The number of urea groups is 1. The predicted octanol–water partition coefficient (Wildman–Crippen LogP) is 1.16. The molecule has 0 atom stereocenters. The molecule has 0 aliphatic heterocycles. The number of hydrogen-bond acceptors (Lipinski definition) is 2. The highest BCUT2D eigenvalue weighted by Crippen LogP contribution is 2.00. The van der Waals surface area contributed by atoms with Crippen LogP contribution in [0.4, 0.5) is 4.79 Å². The average Bonchev–Trinajstić information content (AvgIpc) is 2.02. The smallest absolute Gasteiger partial charge is 0.317 e. The van der Waals surface area contributed by atoms with Gasteiger partial charge in [0.05, 0.1) is 0 Å². The first-order valence-corrected chi connectivity index (χ1v) is 5.26. The molecular formula is C10H23N3O. The lowest BCUT2D eigenvalue weighted by molar-refractivity contribution is 0.180. The number of amides is 2. The summed E-state index contributed by atoms with van der Waals surface area (Å²) in [6.07, 6.45) is 0.851. The minimum atomic E-state index is 0.00319. The summed E-state index contributed by atoms with van der Waals surface area (Å²) in [4.78, 5) is 13.5. The molecule has 0 spiro atoms. The van der Waals surface area contributed by atoms with Crippen molar-refractivity contribution in [3.8, 4) is 0 Å². The fraction of sp³-hybridized carbons (Fsp3) is 0.900. The van der Waals surface area contributed by atoms with Crippen molar-refractivity contribution in [2.75, 3.05) is 13.1 Å². The van der Waals surface area contributed by atoms with Crippen LogP contribution >= 0.6 is 0 Å². The quantitative estimate of drug-likeness (QED) is 0.701. The molecule has 0 aliphatic rings.